The summed E-state index contributed by atoms with van der Waals surface area (Å²) >= 11 is 1.62. The van der Waals surface area contributed by atoms with Gasteiger partial charge < -0.3 is 5.73 Å². The topological polar surface area (TPSA) is 67.6 Å². The molecule has 19 heavy (non-hydrogen) atoms. The molecule has 0 aliphatic carbocycles. The minimum absolute atomic E-state index is 0.504. The van der Waals surface area contributed by atoms with E-state index in [2.05, 4.69) is 46.4 Å². The second-order valence-electron chi connectivity index (χ2n) is 4.48. The highest BCUT2D eigenvalue weighted by Gasteiger charge is 2.16. The lowest BCUT2D eigenvalue weighted by atomic mass is 10.0. The summed E-state index contributed by atoms with van der Waals surface area (Å²) in [5.41, 5.74) is 11.0. The molecule has 0 unspecified atom stereocenters. The van der Waals surface area contributed by atoms with Gasteiger partial charge in [0.25, 0.3) is 0 Å². The number of aromatic nitrogens is 3. The van der Waals surface area contributed by atoms with E-state index in [1.165, 1.54) is 5.56 Å². The number of rotatable bonds is 2. The number of hydrogen-bond donors (Lipinski definition) is 2. The molecule has 3 rings (SSSR count). The Morgan fingerprint density at radius 3 is 2.53 bits per heavy atom. The molecule has 2 heterocycles. The standard InChI is InChI=1S/C14H14N4S/c1-8-3-5-10(6-4-8)12-13(17-18-14(12)15)11-7-19-9(2)16-11/h3-7H,1-2H3,(H3,15,17,18). The first-order chi connectivity index (χ1) is 9.15. The first kappa shape index (κ1) is 11.9. The summed E-state index contributed by atoms with van der Waals surface area (Å²) in [5.74, 6) is 0.504. The number of anilines is 1. The molecule has 0 aliphatic heterocycles. The van der Waals surface area contributed by atoms with Gasteiger partial charge in [-0.2, -0.15) is 5.10 Å². The van der Waals surface area contributed by atoms with Crippen molar-refractivity contribution < 1.29 is 0 Å². The molecule has 0 aliphatic rings. The molecule has 3 N–H and O–H groups in total. The van der Waals surface area contributed by atoms with Crippen LogP contribution in [0.3, 0.4) is 0 Å². The molecule has 1 aromatic carbocycles. The van der Waals surface area contributed by atoms with Gasteiger partial charge in [-0.25, -0.2) is 4.98 Å². The Morgan fingerprint density at radius 1 is 1.16 bits per heavy atom. The van der Waals surface area contributed by atoms with E-state index in [4.69, 9.17) is 5.73 Å². The van der Waals surface area contributed by atoms with Crippen LogP contribution in [0.2, 0.25) is 0 Å². The lowest BCUT2D eigenvalue weighted by Crippen LogP contribution is -1.89. The van der Waals surface area contributed by atoms with Gasteiger partial charge in [0.05, 0.1) is 22.0 Å². The normalized spacial score (nSPS) is 10.8. The van der Waals surface area contributed by atoms with Crippen molar-refractivity contribution in [1.82, 2.24) is 15.2 Å². The third-order valence-electron chi connectivity index (χ3n) is 3.01. The summed E-state index contributed by atoms with van der Waals surface area (Å²) in [6, 6.07) is 8.24. The average molecular weight is 270 g/mol. The minimum atomic E-state index is 0.504. The summed E-state index contributed by atoms with van der Waals surface area (Å²) < 4.78 is 0. The van der Waals surface area contributed by atoms with E-state index >= 15 is 0 Å². The Morgan fingerprint density at radius 2 is 1.89 bits per heavy atom. The van der Waals surface area contributed by atoms with Crippen molar-refractivity contribution in [2.45, 2.75) is 13.8 Å². The summed E-state index contributed by atoms with van der Waals surface area (Å²) in [5, 5.41) is 10.1. The van der Waals surface area contributed by atoms with E-state index in [0.29, 0.717) is 5.82 Å². The van der Waals surface area contributed by atoms with E-state index < -0.39 is 0 Å². The maximum atomic E-state index is 5.99. The number of hydrogen-bond acceptors (Lipinski definition) is 4. The van der Waals surface area contributed by atoms with Crippen LogP contribution in [-0.2, 0) is 0 Å². The van der Waals surface area contributed by atoms with Crippen LogP contribution < -0.4 is 5.73 Å². The molecule has 5 heteroatoms. The zero-order valence-corrected chi connectivity index (χ0v) is 11.6. The summed E-state index contributed by atoms with van der Waals surface area (Å²) in [4.78, 5) is 4.49. The minimum Gasteiger partial charge on any atom is -0.382 e. The van der Waals surface area contributed by atoms with Crippen LogP contribution in [0, 0.1) is 13.8 Å². The van der Waals surface area contributed by atoms with Gasteiger partial charge in [0, 0.05) is 5.38 Å². The summed E-state index contributed by atoms with van der Waals surface area (Å²) in [6.45, 7) is 4.05. The third kappa shape index (κ3) is 2.13. The first-order valence-corrected chi connectivity index (χ1v) is 6.86. The quantitative estimate of drug-likeness (QED) is 0.750. The van der Waals surface area contributed by atoms with Crippen molar-refractivity contribution in [2.75, 3.05) is 5.73 Å². The molecule has 4 nitrogen and oxygen atoms in total. The van der Waals surface area contributed by atoms with Crippen LogP contribution in [0.5, 0.6) is 0 Å². The van der Waals surface area contributed by atoms with Crippen molar-refractivity contribution in [3.63, 3.8) is 0 Å². The number of nitrogen functional groups attached to an aromatic ring is 1. The maximum absolute atomic E-state index is 5.99. The van der Waals surface area contributed by atoms with E-state index in [0.717, 1.165) is 27.5 Å². The number of aryl methyl sites for hydroxylation is 2. The van der Waals surface area contributed by atoms with Crippen molar-refractivity contribution in [1.29, 1.82) is 0 Å². The number of nitrogens with one attached hydrogen (secondary N) is 1. The number of nitrogens with two attached hydrogens (primary N) is 1. The molecule has 0 atom stereocenters. The van der Waals surface area contributed by atoms with Crippen molar-refractivity contribution in [3.8, 4) is 22.5 Å². The molecular weight excluding hydrogens is 256 g/mol. The zero-order valence-electron chi connectivity index (χ0n) is 10.8. The largest absolute Gasteiger partial charge is 0.382 e. The van der Waals surface area contributed by atoms with Crippen LogP contribution in [-0.4, -0.2) is 15.2 Å². The summed E-state index contributed by atoms with van der Waals surface area (Å²) in [6.07, 6.45) is 0. The second kappa shape index (κ2) is 4.51. The average Bonchev–Trinajstić information content (AvgIpc) is 2.97. The number of aromatic amines is 1. The smallest absolute Gasteiger partial charge is 0.153 e. The number of thiazole rings is 1. The monoisotopic (exact) mass is 270 g/mol. The Balaban J connectivity index is 2.16. The predicted molar refractivity (Wildman–Crippen MR) is 79.0 cm³/mol. The molecule has 96 valence electrons. The van der Waals surface area contributed by atoms with Crippen molar-refractivity contribution in [3.05, 3.63) is 40.2 Å². The number of nitrogens with zero attached hydrogens (tertiary/aromatic N) is 2. The molecule has 0 saturated heterocycles. The fourth-order valence-corrected chi connectivity index (χ4v) is 2.64. The lowest BCUT2D eigenvalue weighted by molar-refractivity contribution is 1.09. The van der Waals surface area contributed by atoms with Crippen LogP contribution in [0.15, 0.2) is 29.6 Å². The highest BCUT2D eigenvalue weighted by molar-refractivity contribution is 7.09. The molecule has 0 spiro atoms. The lowest BCUT2D eigenvalue weighted by Gasteiger charge is -2.03. The Bertz CT molecular complexity index is 709. The van der Waals surface area contributed by atoms with Gasteiger partial charge in [0.1, 0.15) is 0 Å². The molecule has 0 fully saturated rings. The van der Waals surface area contributed by atoms with E-state index in [-0.39, 0.29) is 0 Å². The van der Waals surface area contributed by atoms with Gasteiger partial charge in [-0.15, -0.1) is 11.3 Å². The highest BCUT2D eigenvalue weighted by atomic mass is 32.1. The Hall–Kier alpha value is -2.14. The maximum Gasteiger partial charge on any atom is 0.153 e. The van der Waals surface area contributed by atoms with E-state index in [9.17, 15) is 0 Å². The Kier molecular flexibility index (Phi) is 2.83. The van der Waals surface area contributed by atoms with Gasteiger partial charge in [0.2, 0.25) is 0 Å². The van der Waals surface area contributed by atoms with E-state index in [1.54, 1.807) is 11.3 Å². The van der Waals surface area contributed by atoms with Gasteiger partial charge in [-0.05, 0) is 19.4 Å². The van der Waals surface area contributed by atoms with Crippen molar-refractivity contribution in [2.24, 2.45) is 0 Å². The molecule has 0 radical (unpaired) electrons. The van der Waals surface area contributed by atoms with Crippen LogP contribution >= 0.6 is 11.3 Å². The fourth-order valence-electron chi connectivity index (χ4n) is 2.03. The molecule has 0 amide bonds. The van der Waals surface area contributed by atoms with Crippen molar-refractivity contribution >= 4 is 17.2 Å². The second-order valence-corrected chi connectivity index (χ2v) is 5.54. The predicted octanol–water partition coefficient (Wildman–Crippen LogP) is 3.40. The third-order valence-corrected chi connectivity index (χ3v) is 3.78. The number of H-pyrrole nitrogens is 1. The molecule has 3 aromatic rings. The van der Waals surface area contributed by atoms with Crippen LogP contribution in [0.4, 0.5) is 5.82 Å². The van der Waals surface area contributed by atoms with E-state index in [1.807, 2.05) is 12.3 Å². The Labute approximate surface area is 115 Å². The zero-order chi connectivity index (χ0) is 13.4. The highest BCUT2D eigenvalue weighted by Crippen LogP contribution is 2.34. The van der Waals surface area contributed by atoms with Gasteiger partial charge in [0.15, 0.2) is 5.82 Å². The van der Waals surface area contributed by atoms with Crippen LogP contribution in [0.1, 0.15) is 10.6 Å². The number of benzene rings is 1. The first-order valence-electron chi connectivity index (χ1n) is 5.98. The van der Waals surface area contributed by atoms with Gasteiger partial charge >= 0.3 is 0 Å². The van der Waals surface area contributed by atoms with Gasteiger partial charge in [-0.3, -0.25) is 5.10 Å². The fraction of sp³-hybridized carbons (Fsp3) is 0.143. The molecule has 0 bridgehead atoms. The SMILES string of the molecule is Cc1ccc(-c2c(N)n[nH]c2-c2csc(C)n2)cc1. The summed E-state index contributed by atoms with van der Waals surface area (Å²) in [7, 11) is 0. The molecule has 2 aromatic heterocycles. The van der Waals surface area contributed by atoms with Gasteiger partial charge in [-0.1, -0.05) is 29.8 Å². The molecular formula is C14H14N4S. The molecule has 0 saturated carbocycles. The van der Waals surface area contributed by atoms with Crippen LogP contribution in [0.25, 0.3) is 22.5 Å².